The van der Waals surface area contributed by atoms with Gasteiger partial charge in [-0.25, -0.2) is 0 Å². The van der Waals surface area contributed by atoms with Crippen molar-refractivity contribution in [2.45, 2.75) is 45.7 Å². The van der Waals surface area contributed by atoms with Crippen LogP contribution in [0.2, 0.25) is 0 Å². The SMILES string of the molecule is Cc1cc(C)c(C2C(=O)CC(CCNC(=O)c3ccc(C(F)(F)F)cc3)C2=O)c(C)c1. The lowest BCUT2D eigenvalue weighted by molar-refractivity contribution is -0.137. The molecule has 31 heavy (non-hydrogen) atoms. The van der Waals surface area contributed by atoms with E-state index in [1.54, 1.807) is 0 Å². The van der Waals surface area contributed by atoms with Crippen molar-refractivity contribution in [2.24, 2.45) is 5.92 Å². The average molecular weight is 431 g/mol. The van der Waals surface area contributed by atoms with Gasteiger partial charge in [0.1, 0.15) is 11.7 Å². The number of aryl methyl sites for hydroxylation is 3. The number of hydrogen-bond acceptors (Lipinski definition) is 3. The molecule has 2 atom stereocenters. The Morgan fingerprint density at radius 3 is 2.16 bits per heavy atom. The molecule has 0 bridgehead atoms. The average Bonchev–Trinajstić information content (AvgIpc) is 2.94. The van der Waals surface area contributed by atoms with Gasteiger partial charge >= 0.3 is 6.18 Å². The number of alkyl halides is 3. The van der Waals surface area contributed by atoms with Crippen LogP contribution in [0.4, 0.5) is 13.2 Å². The summed E-state index contributed by atoms with van der Waals surface area (Å²) in [7, 11) is 0. The van der Waals surface area contributed by atoms with E-state index in [0.717, 1.165) is 46.5 Å². The number of hydrogen-bond donors (Lipinski definition) is 1. The van der Waals surface area contributed by atoms with Gasteiger partial charge in [-0.2, -0.15) is 13.2 Å². The lowest BCUT2D eigenvalue weighted by Gasteiger charge is -2.16. The summed E-state index contributed by atoms with van der Waals surface area (Å²) in [4.78, 5) is 37.7. The van der Waals surface area contributed by atoms with Crippen molar-refractivity contribution >= 4 is 17.5 Å². The molecule has 2 aromatic carbocycles. The predicted molar refractivity (Wildman–Crippen MR) is 110 cm³/mol. The van der Waals surface area contributed by atoms with Crippen molar-refractivity contribution in [1.82, 2.24) is 5.32 Å². The van der Waals surface area contributed by atoms with Gasteiger partial charge in [0.15, 0.2) is 5.78 Å². The molecule has 4 nitrogen and oxygen atoms in total. The second kappa shape index (κ2) is 8.65. The molecular formula is C24H24F3NO3. The fourth-order valence-electron chi connectivity index (χ4n) is 4.32. The summed E-state index contributed by atoms with van der Waals surface area (Å²) in [6, 6.07) is 7.85. The molecule has 2 aromatic rings. The second-order valence-electron chi connectivity index (χ2n) is 8.13. The van der Waals surface area contributed by atoms with Crippen molar-refractivity contribution in [2.75, 3.05) is 6.54 Å². The third-order valence-corrected chi connectivity index (χ3v) is 5.74. The maximum absolute atomic E-state index is 12.9. The highest BCUT2D eigenvalue weighted by molar-refractivity contribution is 6.15. The van der Waals surface area contributed by atoms with E-state index in [-0.39, 0.29) is 30.1 Å². The molecule has 0 spiro atoms. The first-order valence-electron chi connectivity index (χ1n) is 10.1. The Morgan fingerprint density at radius 1 is 1.03 bits per heavy atom. The van der Waals surface area contributed by atoms with Gasteiger partial charge < -0.3 is 5.32 Å². The van der Waals surface area contributed by atoms with Crippen molar-refractivity contribution < 1.29 is 27.6 Å². The highest BCUT2D eigenvalue weighted by Crippen LogP contribution is 2.37. The predicted octanol–water partition coefficient (Wildman–Crippen LogP) is 4.69. The Kier molecular flexibility index (Phi) is 6.34. The minimum absolute atomic E-state index is 0.102. The standard InChI is InChI=1S/C24H24F3NO3/c1-13-10-14(2)20(15(3)11-13)21-19(29)12-17(22(21)30)8-9-28-23(31)16-4-6-18(7-5-16)24(25,26)27/h4-7,10-11,17,21H,8-9,12H2,1-3H3,(H,28,31). The van der Waals surface area contributed by atoms with Crippen LogP contribution in [0, 0.1) is 26.7 Å². The number of rotatable bonds is 5. The molecule has 7 heteroatoms. The smallest absolute Gasteiger partial charge is 0.352 e. The van der Waals surface area contributed by atoms with E-state index in [0.29, 0.717) is 6.42 Å². The Bertz CT molecular complexity index is 1000. The van der Waals surface area contributed by atoms with Crippen molar-refractivity contribution in [3.63, 3.8) is 0 Å². The largest absolute Gasteiger partial charge is 0.416 e. The number of amides is 1. The maximum atomic E-state index is 12.9. The number of nitrogens with one attached hydrogen (secondary N) is 1. The summed E-state index contributed by atoms with van der Waals surface area (Å²) in [6.45, 7) is 5.91. The monoisotopic (exact) mass is 431 g/mol. The van der Waals surface area contributed by atoms with Gasteiger partial charge in [-0.15, -0.1) is 0 Å². The van der Waals surface area contributed by atoms with Crippen LogP contribution in [0.25, 0.3) is 0 Å². The van der Waals surface area contributed by atoms with Crippen LogP contribution in [0.5, 0.6) is 0 Å². The molecule has 1 amide bonds. The van der Waals surface area contributed by atoms with Gasteiger partial charge in [-0.05, 0) is 68.1 Å². The lowest BCUT2D eigenvalue weighted by atomic mass is 9.86. The normalized spacial score (nSPS) is 19.0. The van der Waals surface area contributed by atoms with Crippen LogP contribution in [0.15, 0.2) is 36.4 Å². The zero-order valence-corrected chi connectivity index (χ0v) is 17.6. The minimum atomic E-state index is -4.46. The fraction of sp³-hybridized carbons (Fsp3) is 0.375. The van der Waals surface area contributed by atoms with Gasteiger partial charge in [0.05, 0.1) is 5.56 Å². The van der Waals surface area contributed by atoms with Crippen LogP contribution in [0.3, 0.4) is 0 Å². The summed E-state index contributed by atoms with van der Waals surface area (Å²) < 4.78 is 37.9. The molecule has 1 aliphatic rings. The number of benzene rings is 2. The molecule has 0 saturated heterocycles. The van der Waals surface area contributed by atoms with Crippen molar-refractivity contribution in [1.29, 1.82) is 0 Å². The molecule has 1 N–H and O–H groups in total. The van der Waals surface area contributed by atoms with E-state index >= 15 is 0 Å². The molecule has 1 aliphatic carbocycles. The number of ketones is 2. The molecule has 3 rings (SSSR count). The molecule has 0 aliphatic heterocycles. The quantitative estimate of drug-likeness (QED) is 0.699. The molecular weight excluding hydrogens is 407 g/mol. The van der Waals surface area contributed by atoms with E-state index in [2.05, 4.69) is 5.32 Å². The van der Waals surface area contributed by atoms with Crippen LogP contribution in [-0.2, 0) is 15.8 Å². The number of carbonyl (C=O) groups excluding carboxylic acids is 3. The van der Waals surface area contributed by atoms with Gasteiger partial charge in [0.2, 0.25) is 0 Å². The molecule has 0 aromatic heterocycles. The van der Waals surface area contributed by atoms with E-state index in [1.165, 1.54) is 0 Å². The van der Waals surface area contributed by atoms with Gasteiger partial charge in [-0.1, -0.05) is 17.7 Å². The highest BCUT2D eigenvalue weighted by atomic mass is 19.4. The van der Waals surface area contributed by atoms with Crippen molar-refractivity contribution in [3.05, 3.63) is 69.8 Å². The van der Waals surface area contributed by atoms with E-state index in [9.17, 15) is 27.6 Å². The topological polar surface area (TPSA) is 63.2 Å². The Labute approximate surface area is 178 Å². The van der Waals surface area contributed by atoms with Crippen LogP contribution in [-0.4, -0.2) is 24.0 Å². The summed E-state index contributed by atoms with van der Waals surface area (Å²) in [5.74, 6) is -2.02. The van der Waals surface area contributed by atoms with Crippen LogP contribution < -0.4 is 5.32 Å². The third-order valence-electron chi connectivity index (χ3n) is 5.74. The van der Waals surface area contributed by atoms with E-state index in [4.69, 9.17) is 0 Å². The molecule has 1 saturated carbocycles. The zero-order valence-electron chi connectivity index (χ0n) is 17.6. The molecule has 2 unspecified atom stereocenters. The Morgan fingerprint density at radius 2 is 1.61 bits per heavy atom. The second-order valence-corrected chi connectivity index (χ2v) is 8.13. The first kappa shape index (κ1) is 22.7. The highest BCUT2D eigenvalue weighted by Gasteiger charge is 2.42. The first-order chi connectivity index (χ1) is 14.5. The molecule has 0 radical (unpaired) electrons. The van der Waals surface area contributed by atoms with Crippen LogP contribution >= 0.6 is 0 Å². The van der Waals surface area contributed by atoms with E-state index in [1.807, 2.05) is 32.9 Å². The first-order valence-corrected chi connectivity index (χ1v) is 10.1. The van der Waals surface area contributed by atoms with Gasteiger partial charge in [0, 0.05) is 24.4 Å². The number of halogens is 3. The maximum Gasteiger partial charge on any atom is 0.416 e. The number of carbonyl (C=O) groups is 3. The third kappa shape index (κ3) is 4.86. The summed E-state index contributed by atoms with van der Waals surface area (Å²) >= 11 is 0. The Balaban J connectivity index is 1.61. The van der Waals surface area contributed by atoms with Crippen LogP contribution in [0.1, 0.15) is 56.9 Å². The van der Waals surface area contributed by atoms with E-state index < -0.39 is 29.5 Å². The van der Waals surface area contributed by atoms with Gasteiger partial charge in [0.25, 0.3) is 5.91 Å². The summed E-state index contributed by atoms with van der Waals surface area (Å²) in [5.41, 5.74) is 2.95. The zero-order chi connectivity index (χ0) is 22.9. The fourth-order valence-corrected chi connectivity index (χ4v) is 4.32. The number of Topliss-reactive ketones (excluding diaryl/α,β-unsaturated/α-hetero) is 2. The molecule has 164 valence electrons. The molecule has 0 heterocycles. The minimum Gasteiger partial charge on any atom is -0.352 e. The molecule has 1 fully saturated rings. The summed E-state index contributed by atoms with van der Waals surface area (Å²) in [6.07, 6.45) is -4.03. The van der Waals surface area contributed by atoms with Crippen molar-refractivity contribution in [3.8, 4) is 0 Å². The lowest BCUT2D eigenvalue weighted by Crippen LogP contribution is -2.27. The summed E-state index contributed by atoms with van der Waals surface area (Å²) in [5, 5.41) is 2.62. The van der Waals surface area contributed by atoms with Gasteiger partial charge in [-0.3, -0.25) is 14.4 Å². The Hall–Kier alpha value is -2.96.